The lowest BCUT2D eigenvalue weighted by molar-refractivity contribution is 0.668. The molecule has 96 valence electrons. The number of hydrogen-bond donors (Lipinski definition) is 1. The normalized spacial score (nSPS) is 10.8. The average Bonchev–Trinajstić information content (AvgIpc) is 2.81. The summed E-state index contributed by atoms with van der Waals surface area (Å²) in [5.74, 6) is 0. The molecule has 1 aromatic heterocycles. The highest BCUT2D eigenvalue weighted by atomic mass is 79.9. The maximum Gasteiger partial charge on any atom is 0.148 e. The van der Waals surface area contributed by atoms with Crippen molar-refractivity contribution < 1.29 is 0 Å². The Hall–Kier alpha value is -0.780. The predicted molar refractivity (Wildman–Crippen MR) is 79.8 cm³/mol. The quantitative estimate of drug-likeness (QED) is 0.850. The van der Waals surface area contributed by atoms with Crippen LogP contribution in [-0.4, -0.2) is 16.7 Å². The molecule has 0 atom stereocenters. The second-order valence-corrected chi connectivity index (χ2v) is 6.11. The summed E-state index contributed by atoms with van der Waals surface area (Å²) in [6, 6.07) is 6.23. The van der Waals surface area contributed by atoms with Crippen LogP contribution in [0.4, 0.5) is 0 Å². The van der Waals surface area contributed by atoms with E-state index in [0.717, 1.165) is 39.6 Å². The molecule has 0 spiro atoms. The van der Waals surface area contributed by atoms with Crippen LogP contribution in [0.2, 0.25) is 0 Å². The predicted octanol–water partition coefficient (Wildman–Crippen LogP) is 3.78. The van der Waals surface area contributed by atoms with Crippen molar-refractivity contribution in [1.82, 2.24) is 15.5 Å². The van der Waals surface area contributed by atoms with Gasteiger partial charge in [0.2, 0.25) is 0 Å². The lowest BCUT2D eigenvalue weighted by atomic mass is 10.1. The summed E-state index contributed by atoms with van der Waals surface area (Å²) in [5, 5.41) is 13.9. The third-order valence-electron chi connectivity index (χ3n) is 2.60. The Morgan fingerprint density at radius 1 is 1.33 bits per heavy atom. The van der Waals surface area contributed by atoms with Crippen molar-refractivity contribution in [3.8, 4) is 10.6 Å². The smallest absolute Gasteiger partial charge is 0.148 e. The van der Waals surface area contributed by atoms with Gasteiger partial charge in [0, 0.05) is 16.6 Å². The topological polar surface area (TPSA) is 37.8 Å². The van der Waals surface area contributed by atoms with Crippen LogP contribution in [0.5, 0.6) is 0 Å². The molecule has 0 amide bonds. The Labute approximate surface area is 120 Å². The molecule has 0 saturated heterocycles. The summed E-state index contributed by atoms with van der Waals surface area (Å²) in [5.41, 5.74) is 2.38. The molecule has 0 aliphatic heterocycles. The Morgan fingerprint density at radius 2 is 2.17 bits per heavy atom. The lowest BCUT2D eigenvalue weighted by Crippen LogP contribution is -2.13. The number of benzene rings is 1. The minimum absolute atomic E-state index is 0.804. The molecular formula is C13H16BrN3S. The molecule has 0 bridgehead atoms. The Bertz CT molecular complexity index is 525. The number of nitrogens with one attached hydrogen (secondary N) is 1. The molecule has 0 radical (unpaired) electrons. The fourth-order valence-electron chi connectivity index (χ4n) is 1.63. The van der Waals surface area contributed by atoms with E-state index in [9.17, 15) is 0 Å². The molecule has 0 fully saturated rings. The Balaban J connectivity index is 2.16. The summed E-state index contributed by atoms with van der Waals surface area (Å²) in [4.78, 5) is 0. The van der Waals surface area contributed by atoms with E-state index in [1.807, 2.05) is 6.07 Å². The number of aryl methyl sites for hydroxylation is 1. The zero-order valence-corrected chi connectivity index (χ0v) is 12.9. The second kappa shape index (κ2) is 6.41. The van der Waals surface area contributed by atoms with Gasteiger partial charge >= 0.3 is 0 Å². The molecule has 5 heteroatoms. The maximum absolute atomic E-state index is 4.27. The molecule has 1 aromatic carbocycles. The highest BCUT2D eigenvalue weighted by molar-refractivity contribution is 9.10. The third kappa shape index (κ3) is 3.37. The summed E-state index contributed by atoms with van der Waals surface area (Å²) in [7, 11) is 0. The number of hydrogen-bond acceptors (Lipinski definition) is 4. The van der Waals surface area contributed by atoms with Gasteiger partial charge in [-0.3, -0.25) is 0 Å². The second-order valence-electron chi connectivity index (χ2n) is 4.14. The van der Waals surface area contributed by atoms with Crippen molar-refractivity contribution in [2.75, 3.05) is 6.54 Å². The van der Waals surface area contributed by atoms with Gasteiger partial charge in [0.05, 0.1) is 0 Å². The summed E-state index contributed by atoms with van der Waals surface area (Å²) in [6.45, 7) is 6.07. The number of aromatic nitrogens is 2. The molecule has 1 heterocycles. The van der Waals surface area contributed by atoms with E-state index in [4.69, 9.17) is 0 Å². The van der Waals surface area contributed by atoms with Gasteiger partial charge in [-0.2, -0.15) is 0 Å². The Kier molecular flexibility index (Phi) is 4.86. The first-order valence-corrected chi connectivity index (χ1v) is 7.61. The first-order valence-electron chi connectivity index (χ1n) is 6.00. The maximum atomic E-state index is 4.27. The molecule has 0 saturated carbocycles. The standard InChI is InChI=1S/C13H16BrN3S/c1-3-6-15-8-12-16-17-13(18-12)11-7-10(14)5-4-9(11)2/h4-5,7,15H,3,6,8H2,1-2H3. The minimum Gasteiger partial charge on any atom is -0.310 e. The van der Waals surface area contributed by atoms with Crippen molar-refractivity contribution in [3.63, 3.8) is 0 Å². The molecule has 18 heavy (non-hydrogen) atoms. The van der Waals surface area contributed by atoms with Gasteiger partial charge in [0.15, 0.2) is 0 Å². The molecule has 3 nitrogen and oxygen atoms in total. The first kappa shape index (κ1) is 13.6. The lowest BCUT2D eigenvalue weighted by Gasteiger charge is -2.01. The van der Waals surface area contributed by atoms with Gasteiger partial charge < -0.3 is 5.32 Å². The molecule has 0 unspecified atom stereocenters. The average molecular weight is 326 g/mol. The molecule has 1 N–H and O–H groups in total. The highest BCUT2D eigenvalue weighted by Crippen LogP contribution is 2.29. The number of halogens is 1. The van der Waals surface area contributed by atoms with Crippen molar-refractivity contribution in [2.24, 2.45) is 0 Å². The van der Waals surface area contributed by atoms with E-state index < -0.39 is 0 Å². The van der Waals surface area contributed by atoms with Gasteiger partial charge in [-0.05, 0) is 37.6 Å². The SMILES string of the molecule is CCCNCc1nnc(-c2cc(Br)ccc2C)s1. The van der Waals surface area contributed by atoms with Crippen LogP contribution in [-0.2, 0) is 6.54 Å². The number of rotatable bonds is 5. The zero-order chi connectivity index (χ0) is 13.0. The van der Waals surface area contributed by atoms with E-state index >= 15 is 0 Å². The van der Waals surface area contributed by atoms with Crippen LogP contribution in [0.3, 0.4) is 0 Å². The zero-order valence-electron chi connectivity index (χ0n) is 10.5. The largest absolute Gasteiger partial charge is 0.310 e. The molecule has 0 aliphatic carbocycles. The fraction of sp³-hybridized carbons (Fsp3) is 0.385. The Morgan fingerprint density at radius 3 is 2.94 bits per heavy atom. The van der Waals surface area contributed by atoms with Crippen LogP contribution >= 0.6 is 27.3 Å². The van der Waals surface area contributed by atoms with Gasteiger partial charge in [0.25, 0.3) is 0 Å². The van der Waals surface area contributed by atoms with Crippen molar-refractivity contribution in [2.45, 2.75) is 26.8 Å². The molecule has 0 aliphatic rings. The summed E-state index contributed by atoms with van der Waals surface area (Å²) >= 11 is 5.15. The molecular weight excluding hydrogens is 310 g/mol. The van der Waals surface area contributed by atoms with Crippen LogP contribution in [0.15, 0.2) is 22.7 Å². The van der Waals surface area contributed by atoms with Crippen molar-refractivity contribution in [1.29, 1.82) is 0 Å². The molecule has 2 rings (SSSR count). The van der Waals surface area contributed by atoms with Gasteiger partial charge in [-0.1, -0.05) is 40.3 Å². The van der Waals surface area contributed by atoms with Gasteiger partial charge in [-0.15, -0.1) is 10.2 Å². The van der Waals surface area contributed by atoms with E-state index in [1.165, 1.54) is 5.56 Å². The van der Waals surface area contributed by atoms with Crippen LogP contribution in [0, 0.1) is 6.92 Å². The monoisotopic (exact) mass is 325 g/mol. The van der Waals surface area contributed by atoms with Crippen LogP contribution in [0.25, 0.3) is 10.6 Å². The fourth-order valence-corrected chi connectivity index (χ4v) is 2.88. The van der Waals surface area contributed by atoms with Crippen molar-refractivity contribution >= 4 is 27.3 Å². The number of nitrogens with zero attached hydrogens (tertiary/aromatic N) is 2. The minimum atomic E-state index is 0.804. The highest BCUT2D eigenvalue weighted by Gasteiger charge is 2.09. The van der Waals surface area contributed by atoms with E-state index in [1.54, 1.807) is 11.3 Å². The van der Waals surface area contributed by atoms with E-state index in [-0.39, 0.29) is 0 Å². The molecule has 2 aromatic rings. The van der Waals surface area contributed by atoms with Gasteiger partial charge in [-0.25, -0.2) is 0 Å². The summed E-state index contributed by atoms with van der Waals surface area (Å²) < 4.78 is 1.07. The first-order chi connectivity index (χ1) is 8.70. The van der Waals surface area contributed by atoms with Crippen molar-refractivity contribution in [3.05, 3.63) is 33.2 Å². The van der Waals surface area contributed by atoms with Gasteiger partial charge in [0.1, 0.15) is 10.0 Å². The summed E-state index contributed by atoms with van der Waals surface area (Å²) in [6.07, 6.45) is 1.14. The van der Waals surface area contributed by atoms with E-state index in [0.29, 0.717) is 0 Å². The van der Waals surface area contributed by atoms with Crippen LogP contribution in [0.1, 0.15) is 23.9 Å². The van der Waals surface area contributed by atoms with E-state index in [2.05, 4.69) is 57.4 Å². The third-order valence-corrected chi connectivity index (χ3v) is 4.05. The van der Waals surface area contributed by atoms with Crippen LogP contribution < -0.4 is 5.32 Å².